The fraction of sp³-hybridized carbons (Fsp3) is 1.00. The summed E-state index contributed by atoms with van der Waals surface area (Å²) < 4.78 is 47.1. The molecule has 254 valence electrons. The molecule has 0 radical (unpaired) electrons. The molecular weight excluding hydrogens is 548 g/mol. The van der Waals surface area contributed by atoms with E-state index in [0.29, 0.717) is 13.2 Å². The lowest BCUT2D eigenvalue weighted by Gasteiger charge is -2.17. The van der Waals surface area contributed by atoms with Gasteiger partial charge >= 0.3 is 10.4 Å². The Balaban J connectivity index is 3.66. The van der Waals surface area contributed by atoms with Gasteiger partial charge in [-0.2, -0.15) is 8.42 Å². The lowest BCUT2D eigenvalue weighted by Crippen LogP contribution is -2.28. The largest absolute Gasteiger partial charge is 0.397 e. The molecule has 0 aromatic heterocycles. The summed E-state index contributed by atoms with van der Waals surface area (Å²) in [6, 6.07) is 0. The Kier molecular flexibility index (Phi) is 33.5. The van der Waals surface area contributed by atoms with Crippen LogP contribution in [0, 0.1) is 0 Å². The zero-order valence-electron chi connectivity index (χ0n) is 28.1. The quantitative estimate of drug-likeness (QED) is 0.0554. The van der Waals surface area contributed by atoms with Gasteiger partial charge in [0.15, 0.2) is 0 Å². The van der Waals surface area contributed by atoms with Crippen LogP contribution >= 0.6 is 0 Å². The van der Waals surface area contributed by atoms with Crippen molar-refractivity contribution in [2.24, 2.45) is 0 Å². The molecule has 0 rings (SSSR count). The molecule has 0 aromatic carbocycles. The van der Waals surface area contributed by atoms with Gasteiger partial charge in [-0.25, -0.2) is 4.18 Å². The van der Waals surface area contributed by atoms with E-state index in [4.69, 9.17) is 14.0 Å². The van der Waals surface area contributed by atoms with Crippen molar-refractivity contribution in [2.45, 2.75) is 200 Å². The number of ether oxygens (including phenoxy) is 2. The summed E-state index contributed by atoms with van der Waals surface area (Å²) in [6.07, 6.45) is 36.3. The third kappa shape index (κ3) is 36.0. The van der Waals surface area contributed by atoms with Gasteiger partial charge in [-0.05, 0) is 12.8 Å². The molecule has 0 heterocycles. The summed E-state index contributed by atoms with van der Waals surface area (Å²) in [6.45, 7) is 5.81. The van der Waals surface area contributed by atoms with Crippen molar-refractivity contribution < 1.29 is 26.6 Å². The Bertz CT molecular complexity index is 613. The van der Waals surface area contributed by atoms with E-state index in [2.05, 4.69) is 18.0 Å². The average molecular weight is 621 g/mol. The second-order valence-electron chi connectivity index (χ2n) is 12.5. The number of hydrogen-bond acceptors (Lipinski definition) is 5. The number of hydrogen-bond donors (Lipinski definition) is 1. The first-order chi connectivity index (χ1) is 20.5. The molecular formula is C35H72O6S. The van der Waals surface area contributed by atoms with Crippen LogP contribution in [0.15, 0.2) is 0 Å². The molecule has 0 aromatic rings. The Morgan fingerprint density at radius 3 is 1.10 bits per heavy atom. The molecule has 0 amide bonds. The summed E-state index contributed by atoms with van der Waals surface area (Å²) in [4.78, 5) is 0. The first-order valence-corrected chi connectivity index (χ1v) is 19.7. The van der Waals surface area contributed by atoms with Gasteiger partial charge in [0.2, 0.25) is 0 Å². The number of unbranched alkanes of at least 4 members (excludes halogenated alkanes) is 26. The first-order valence-electron chi connectivity index (χ1n) is 18.3. The molecule has 7 heteroatoms. The van der Waals surface area contributed by atoms with E-state index in [9.17, 15) is 8.42 Å². The minimum Gasteiger partial charge on any atom is -0.379 e. The maximum Gasteiger partial charge on any atom is 0.397 e. The molecule has 0 bridgehead atoms. The molecule has 42 heavy (non-hydrogen) atoms. The minimum absolute atomic E-state index is 0.212. The smallest absolute Gasteiger partial charge is 0.379 e. The fourth-order valence-corrected chi connectivity index (χ4v) is 5.79. The summed E-state index contributed by atoms with van der Waals surface area (Å²) >= 11 is 0. The van der Waals surface area contributed by atoms with Crippen LogP contribution in [0.4, 0.5) is 0 Å². The predicted octanol–water partition coefficient (Wildman–Crippen LogP) is 11.2. The molecule has 0 aliphatic carbocycles. The maximum atomic E-state index is 11.0. The molecule has 0 saturated heterocycles. The minimum atomic E-state index is -4.48. The van der Waals surface area contributed by atoms with Gasteiger partial charge in [-0.3, -0.25) is 4.55 Å². The van der Waals surface area contributed by atoms with Crippen molar-refractivity contribution in [1.29, 1.82) is 0 Å². The molecule has 6 nitrogen and oxygen atoms in total. The molecule has 0 spiro atoms. The molecule has 1 unspecified atom stereocenters. The Morgan fingerprint density at radius 2 is 0.762 bits per heavy atom. The standard InChI is InChI=1S/C35H72O6S/c1-3-5-7-9-11-13-15-17-19-21-23-25-27-29-31-39-33-35(34-41-42(36,37)38)40-32-30-28-26-24-22-20-18-16-14-12-10-8-6-4-2/h35H,3-34H2,1-2H3,(H,36,37,38). The van der Waals surface area contributed by atoms with Gasteiger partial charge in [0.05, 0.1) is 13.2 Å². The van der Waals surface area contributed by atoms with Crippen molar-refractivity contribution in [2.75, 3.05) is 26.4 Å². The van der Waals surface area contributed by atoms with Crippen LogP contribution in [0.1, 0.15) is 194 Å². The highest BCUT2D eigenvalue weighted by Gasteiger charge is 2.15. The van der Waals surface area contributed by atoms with Crippen molar-refractivity contribution >= 4 is 10.4 Å². The van der Waals surface area contributed by atoms with E-state index in [0.717, 1.165) is 25.7 Å². The number of rotatable bonds is 36. The summed E-state index contributed by atoms with van der Waals surface area (Å²) in [5.41, 5.74) is 0. The highest BCUT2D eigenvalue weighted by molar-refractivity contribution is 7.80. The van der Waals surface area contributed by atoms with Crippen LogP contribution in [-0.2, 0) is 24.1 Å². The van der Waals surface area contributed by atoms with Gasteiger partial charge in [-0.15, -0.1) is 0 Å². The average Bonchev–Trinajstić information content (AvgIpc) is 2.96. The predicted molar refractivity (Wildman–Crippen MR) is 179 cm³/mol. The van der Waals surface area contributed by atoms with Gasteiger partial charge < -0.3 is 9.47 Å². The monoisotopic (exact) mass is 621 g/mol. The topological polar surface area (TPSA) is 82.1 Å². The second kappa shape index (κ2) is 33.7. The molecule has 0 saturated carbocycles. The summed E-state index contributed by atoms with van der Waals surface area (Å²) in [5, 5.41) is 0. The highest BCUT2D eigenvalue weighted by Crippen LogP contribution is 2.14. The van der Waals surface area contributed by atoms with Gasteiger partial charge in [0.1, 0.15) is 6.10 Å². The molecule has 0 aliphatic heterocycles. The Hall–Kier alpha value is -0.210. The molecule has 1 atom stereocenters. The van der Waals surface area contributed by atoms with Crippen molar-refractivity contribution in [3.63, 3.8) is 0 Å². The normalized spacial score (nSPS) is 12.7. The third-order valence-corrected chi connectivity index (χ3v) is 8.63. The van der Waals surface area contributed by atoms with Crippen LogP contribution < -0.4 is 0 Å². The van der Waals surface area contributed by atoms with Crippen molar-refractivity contribution in [3.8, 4) is 0 Å². The third-order valence-electron chi connectivity index (χ3n) is 8.20. The molecule has 1 N–H and O–H groups in total. The van der Waals surface area contributed by atoms with Gasteiger partial charge in [-0.1, -0.05) is 181 Å². The maximum absolute atomic E-state index is 11.0. The van der Waals surface area contributed by atoms with Crippen molar-refractivity contribution in [1.82, 2.24) is 0 Å². The lowest BCUT2D eigenvalue weighted by atomic mass is 10.0. The van der Waals surface area contributed by atoms with E-state index < -0.39 is 16.5 Å². The second-order valence-corrected chi connectivity index (χ2v) is 13.6. The van der Waals surface area contributed by atoms with Crippen LogP contribution in [0.2, 0.25) is 0 Å². The van der Waals surface area contributed by atoms with Crippen LogP contribution in [0.25, 0.3) is 0 Å². The highest BCUT2D eigenvalue weighted by atomic mass is 32.3. The Morgan fingerprint density at radius 1 is 0.452 bits per heavy atom. The summed E-state index contributed by atoms with van der Waals surface area (Å²) in [5.74, 6) is 0. The van der Waals surface area contributed by atoms with Crippen LogP contribution in [-0.4, -0.2) is 45.5 Å². The van der Waals surface area contributed by atoms with E-state index in [-0.39, 0.29) is 13.2 Å². The van der Waals surface area contributed by atoms with Gasteiger partial charge in [0.25, 0.3) is 0 Å². The van der Waals surface area contributed by atoms with E-state index >= 15 is 0 Å². The van der Waals surface area contributed by atoms with Crippen molar-refractivity contribution in [3.05, 3.63) is 0 Å². The fourth-order valence-electron chi connectivity index (χ4n) is 5.47. The van der Waals surface area contributed by atoms with Crippen LogP contribution in [0.5, 0.6) is 0 Å². The SMILES string of the molecule is CCCCCCCCCCCCCCCCOCC(COS(=O)(=O)O)OCCCCCCCCCCCCCCCC. The summed E-state index contributed by atoms with van der Waals surface area (Å²) in [7, 11) is -4.48. The van der Waals surface area contributed by atoms with Gasteiger partial charge in [0, 0.05) is 13.2 Å². The van der Waals surface area contributed by atoms with E-state index in [1.54, 1.807) is 0 Å². The van der Waals surface area contributed by atoms with E-state index in [1.807, 2.05) is 0 Å². The zero-order valence-corrected chi connectivity index (χ0v) is 28.9. The molecule has 0 fully saturated rings. The first kappa shape index (κ1) is 41.8. The molecule has 0 aliphatic rings. The Labute approximate surface area is 262 Å². The van der Waals surface area contributed by atoms with Crippen LogP contribution in [0.3, 0.4) is 0 Å². The zero-order chi connectivity index (χ0) is 30.8. The lowest BCUT2D eigenvalue weighted by molar-refractivity contribution is -0.0394. The van der Waals surface area contributed by atoms with E-state index in [1.165, 1.54) is 154 Å².